The Morgan fingerprint density at radius 3 is 1.89 bits per heavy atom. The number of nitrogens with zero attached hydrogens (tertiary/aromatic N) is 1. The maximum atomic E-state index is 12.7. The highest BCUT2D eigenvalue weighted by molar-refractivity contribution is 7.89. The van der Waals surface area contributed by atoms with Crippen LogP contribution in [0.5, 0.6) is 0 Å². The fourth-order valence-corrected chi connectivity index (χ4v) is 5.92. The molecule has 0 unspecified atom stereocenters. The first-order valence-electron chi connectivity index (χ1n) is 9.40. The third-order valence-electron chi connectivity index (χ3n) is 5.32. The molecule has 0 aliphatic heterocycles. The summed E-state index contributed by atoms with van der Waals surface area (Å²) >= 11 is 0. The molecule has 1 N–H and O–H groups in total. The number of hydrogen-bond acceptors (Lipinski definition) is 4. The molecular weight excluding hydrogens is 396 g/mol. The molecule has 1 aliphatic rings. The Morgan fingerprint density at radius 1 is 0.857 bits per heavy atom. The van der Waals surface area contributed by atoms with Crippen LogP contribution in [0, 0.1) is 0 Å². The van der Waals surface area contributed by atoms with Crippen molar-refractivity contribution < 1.29 is 16.8 Å². The lowest BCUT2D eigenvalue weighted by atomic mass is 9.96. The average Bonchev–Trinajstić information content (AvgIpc) is 3.49. The van der Waals surface area contributed by atoms with Crippen molar-refractivity contribution in [2.75, 3.05) is 19.6 Å². The molecule has 8 heteroatoms. The van der Waals surface area contributed by atoms with Gasteiger partial charge in [0.25, 0.3) is 0 Å². The Kier molecular flexibility index (Phi) is 5.95. The standard InChI is InChI=1S/C20H26N2O4S2/c1-3-22(4-2)28(25,26)19-12-10-18(11-13-19)27(23,24)21-16-20(14-15-20)17-8-6-5-7-9-17/h5-13,21H,3-4,14-16H2,1-2H3. The third-order valence-corrected chi connectivity index (χ3v) is 8.80. The normalized spacial score (nSPS) is 16.2. The van der Waals surface area contributed by atoms with E-state index in [1.54, 1.807) is 13.8 Å². The van der Waals surface area contributed by atoms with Gasteiger partial charge in [0.1, 0.15) is 0 Å². The highest BCUT2D eigenvalue weighted by atomic mass is 32.2. The molecule has 0 atom stereocenters. The van der Waals surface area contributed by atoms with Crippen LogP contribution in [-0.4, -0.2) is 40.8 Å². The van der Waals surface area contributed by atoms with E-state index in [-0.39, 0.29) is 15.2 Å². The molecule has 6 nitrogen and oxygen atoms in total. The summed E-state index contributed by atoms with van der Waals surface area (Å²) in [7, 11) is -7.32. The molecule has 0 radical (unpaired) electrons. The van der Waals surface area contributed by atoms with Gasteiger partial charge < -0.3 is 0 Å². The molecule has 3 rings (SSSR count). The minimum atomic E-state index is -3.71. The Morgan fingerprint density at radius 2 is 1.39 bits per heavy atom. The summed E-state index contributed by atoms with van der Waals surface area (Å²) in [6, 6.07) is 15.3. The lowest BCUT2D eigenvalue weighted by Crippen LogP contribution is -2.32. The zero-order valence-electron chi connectivity index (χ0n) is 16.1. The molecule has 0 heterocycles. The number of hydrogen-bond donors (Lipinski definition) is 1. The SMILES string of the molecule is CCN(CC)S(=O)(=O)c1ccc(S(=O)(=O)NCC2(c3ccccc3)CC2)cc1. The maximum absolute atomic E-state index is 12.7. The number of benzene rings is 2. The number of rotatable bonds is 9. The van der Waals surface area contributed by atoms with Crippen LogP contribution >= 0.6 is 0 Å². The van der Waals surface area contributed by atoms with Crippen molar-refractivity contribution in [3.63, 3.8) is 0 Å². The van der Waals surface area contributed by atoms with Crippen LogP contribution in [0.3, 0.4) is 0 Å². The zero-order valence-corrected chi connectivity index (χ0v) is 17.8. The van der Waals surface area contributed by atoms with E-state index in [9.17, 15) is 16.8 Å². The second-order valence-electron chi connectivity index (χ2n) is 7.03. The largest absolute Gasteiger partial charge is 0.243 e. The summed E-state index contributed by atoms with van der Waals surface area (Å²) in [5.74, 6) is 0. The van der Waals surface area contributed by atoms with Gasteiger partial charge in [0.15, 0.2) is 0 Å². The van der Waals surface area contributed by atoms with E-state index in [2.05, 4.69) is 4.72 Å². The zero-order chi connectivity index (χ0) is 20.4. The van der Waals surface area contributed by atoms with Crippen LogP contribution in [-0.2, 0) is 25.5 Å². The lowest BCUT2D eigenvalue weighted by Gasteiger charge is -2.19. The summed E-state index contributed by atoms with van der Waals surface area (Å²) in [5.41, 5.74) is 0.999. The molecule has 152 valence electrons. The molecule has 28 heavy (non-hydrogen) atoms. The van der Waals surface area contributed by atoms with E-state index in [4.69, 9.17) is 0 Å². The van der Waals surface area contributed by atoms with Crippen LogP contribution in [0.25, 0.3) is 0 Å². The van der Waals surface area contributed by atoms with E-state index in [1.165, 1.54) is 28.6 Å². The van der Waals surface area contributed by atoms with Gasteiger partial charge in [-0.05, 0) is 42.7 Å². The van der Waals surface area contributed by atoms with Gasteiger partial charge in [-0.3, -0.25) is 0 Å². The minimum Gasteiger partial charge on any atom is -0.210 e. The van der Waals surface area contributed by atoms with Crippen LogP contribution in [0.15, 0.2) is 64.4 Å². The van der Waals surface area contributed by atoms with Crippen molar-refractivity contribution in [3.05, 3.63) is 60.2 Å². The summed E-state index contributed by atoms with van der Waals surface area (Å²) < 4.78 is 54.5. The second kappa shape index (κ2) is 7.94. The Hall–Kier alpha value is -1.74. The second-order valence-corrected chi connectivity index (χ2v) is 10.7. The predicted octanol–water partition coefficient (Wildman–Crippen LogP) is 2.73. The molecule has 1 saturated carbocycles. The van der Waals surface area contributed by atoms with Gasteiger partial charge in [-0.2, -0.15) is 4.31 Å². The van der Waals surface area contributed by atoms with Crippen molar-refractivity contribution in [1.29, 1.82) is 0 Å². The Labute approximate surface area is 167 Å². The summed E-state index contributed by atoms with van der Waals surface area (Å²) in [5, 5.41) is 0. The monoisotopic (exact) mass is 422 g/mol. The molecule has 2 aromatic carbocycles. The van der Waals surface area contributed by atoms with Crippen molar-refractivity contribution in [1.82, 2.24) is 9.03 Å². The smallest absolute Gasteiger partial charge is 0.210 e. The van der Waals surface area contributed by atoms with Crippen molar-refractivity contribution in [2.24, 2.45) is 0 Å². The van der Waals surface area contributed by atoms with Crippen molar-refractivity contribution in [3.8, 4) is 0 Å². The van der Waals surface area contributed by atoms with Gasteiger partial charge in [-0.15, -0.1) is 0 Å². The lowest BCUT2D eigenvalue weighted by molar-refractivity contribution is 0.445. The van der Waals surface area contributed by atoms with Gasteiger partial charge in [-0.25, -0.2) is 21.6 Å². The van der Waals surface area contributed by atoms with Gasteiger partial charge in [-0.1, -0.05) is 44.2 Å². The topological polar surface area (TPSA) is 83.6 Å². The van der Waals surface area contributed by atoms with Crippen LogP contribution in [0.1, 0.15) is 32.3 Å². The highest BCUT2D eigenvalue weighted by Gasteiger charge is 2.44. The Bertz CT molecular complexity index is 1010. The van der Waals surface area contributed by atoms with Gasteiger partial charge in [0.05, 0.1) is 9.79 Å². The quantitative estimate of drug-likeness (QED) is 0.673. The van der Waals surface area contributed by atoms with E-state index < -0.39 is 20.0 Å². The first-order valence-corrected chi connectivity index (χ1v) is 12.3. The van der Waals surface area contributed by atoms with Gasteiger partial charge in [0, 0.05) is 25.0 Å². The maximum Gasteiger partial charge on any atom is 0.243 e. The fraction of sp³-hybridized carbons (Fsp3) is 0.400. The van der Waals surface area contributed by atoms with E-state index in [1.807, 2.05) is 30.3 Å². The number of sulfonamides is 2. The molecule has 0 aromatic heterocycles. The molecule has 1 fully saturated rings. The molecule has 0 amide bonds. The third kappa shape index (κ3) is 4.15. The van der Waals surface area contributed by atoms with Gasteiger partial charge >= 0.3 is 0 Å². The highest BCUT2D eigenvalue weighted by Crippen LogP contribution is 2.47. The molecule has 0 bridgehead atoms. The van der Waals surface area contributed by atoms with Crippen LogP contribution in [0.4, 0.5) is 0 Å². The summed E-state index contributed by atoms with van der Waals surface area (Å²) in [4.78, 5) is 0.160. The first-order chi connectivity index (χ1) is 13.2. The first kappa shape index (κ1) is 21.0. The van der Waals surface area contributed by atoms with E-state index in [0.29, 0.717) is 19.6 Å². The summed E-state index contributed by atoms with van der Waals surface area (Å²) in [6.07, 6.45) is 1.89. The molecule has 2 aromatic rings. The summed E-state index contributed by atoms with van der Waals surface area (Å²) in [6.45, 7) is 4.59. The Balaban J connectivity index is 1.75. The molecule has 0 saturated heterocycles. The minimum absolute atomic E-state index is 0.0647. The molecule has 1 aliphatic carbocycles. The van der Waals surface area contributed by atoms with Crippen molar-refractivity contribution >= 4 is 20.0 Å². The van der Waals surface area contributed by atoms with E-state index in [0.717, 1.165) is 18.4 Å². The molecule has 0 spiro atoms. The average molecular weight is 423 g/mol. The van der Waals surface area contributed by atoms with Gasteiger partial charge in [0.2, 0.25) is 20.0 Å². The predicted molar refractivity (Wildman–Crippen MR) is 109 cm³/mol. The number of nitrogens with one attached hydrogen (secondary N) is 1. The van der Waals surface area contributed by atoms with Crippen LogP contribution in [0.2, 0.25) is 0 Å². The van der Waals surface area contributed by atoms with E-state index >= 15 is 0 Å². The molecular formula is C20H26N2O4S2. The fourth-order valence-electron chi connectivity index (χ4n) is 3.33. The van der Waals surface area contributed by atoms with Crippen LogP contribution < -0.4 is 4.72 Å². The van der Waals surface area contributed by atoms with Crippen molar-refractivity contribution in [2.45, 2.75) is 41.9 Å².